The fraction of sp³-hybridized carbons (Fsp3) is 1.00. The molecular formula is C14H29NO. The van der Waals surface area contributed by atoms with Crippen molar-refractivity contribution in [1.29, 1.82) is 0 Å². The first-order chi connectivity index (χ1) is 7.83. The second kappa shape index (κ2) is 8.08. The van der Waals surface area contributed by atoms with Gasteiger partial charge in [-0.05, 0) is 39.2 Å². The van der Waals surface area contributed by atoms with E-state index in [1.54, 1.807) is 0 Å². The topological polar surface area (TPSA) is 21.3 Å². The summed E-state index contributed by atoms with van der Waals surface area (Å²) in [6.07, 6.45) is 9.85. The molecule has 2 atom stereocenters. The molecule has 2 heteroatoms. The number of nitrogens with one attached hydrogen (secondary N) is 1. The van der Waals surface area contributed by atoms with Gasteiger partial charge >= 0.3 is 0 Å². The summed E-state index contributed by atoms with van der Waals surface area (Å²) in [6.45, 7) is 5.20. The minimum atomic E-state index is 0.420. The summed E-state index contributed by atoms with van der Waals surface area (Å²) in [5, 5.41) is 3.52. The third kappa shape index (κ3) is 4.06. The molecule has 1 N–H and O–H groups in total. The highest BCUT2D eigenvalue weighted by Crippen LogP contribution is 2.29. The molecule has 2 nitrogen and oxygen atoms in total. The largest absolute Gasteiger partial charge is 0.377 e. The van der Waals surface area contributed by atoms with Gasteiger partial charge in [0.05, 0.1) is 6.10 Å². The predicted octanol–water partition coefficient (Wildman–Crippen LogP) is 3.36. The molecule has 1 rings (SSSR count). The van der Waals surface area contributed by atoms with E-state index in [9.17, 15) is 0 Å². The summed E-state index contributed by atoms with van der Waals surface area (Å²) in [6, 6.07) is 0.570. The van der Waals surface area contributed by atoms with Crippen LogP contribution in [0.4, 0.5) is 0 Å². The van der Waals surface area contributed by atoms with Crippen molar-refractivity contribution in [3.05, 3.63) is 0 Å². The van der Waals surface area contributed by atoms with E-state index >= 15 is 0 Å². The lowest BCUT2D eigenvalue weighted by molar-refractivity contribution is 0.00821. The van der Waals surface area contributed by atoms with E-state index < -0.39 is 0 Å². The van der Waals surface area contributed by atoms with Crippen LogP contribution in [0.15, 0.2) is 0 Å². The molecule has 2 unspecified atom stereocenters. The van der Waals surface area contributed by atoms with Crippen LogP contribution >= 0.6 is 0 Å². The summed E-state index contributed by atoms with van der Waals surface area (Å²) in [5.41, 5.74) is 0. The van der Waals surface area contributed by atoms with E-state index in [2.05, 4.69) is 26.2 Å². The Morgan fingerprint density at radius 2 is 1.88 bits per heavy atom. The summed E-state index contributed by atoms with van der Waals surface area (Å²) < 4.78 is 5.93. The summed E-state index contributed by atoms with van der Waals surface area (Å²) in [5.74, 6) is 0.835. The lowest BCUT2D eigenvalue weighted by Crippen LogP contribution is -2.45. The number of likely N-dealkylation sites (N-methyl/N-ethyl adjacent to an activating group) is 1. The van der Waals surface area contributed by atoms with Gasteiger partial charge in [-0.3, -0.25) is 0 Å². The Morgan fingerprint density at radius 1 is 1.19 bits per heavy atom. The average Bonchev–Trinajstić information content (AvgIpc) is 2.32. The Labute approximate surface area is 101 Å². The first kappa shape index (κ1) is 14.0. The first-order valence-electron chi connectivity index (χ1n) is 7.12. The molecule has 0 aliphatic heterocycles. The SMILES string of the molecule is CCCC(OCC)C(NC)C1CCCCC1. The Hall–Kier alpha value is -0.0800. The van der Waals surface area contributed by atoms with Gasteiger partial charge in [-0.25, -0.2) is 0 Å². The molecule has 0 aromatic heterocycles. The van der Waals surface area contributed by atoms with Crippen molar-refractivity contribution in [2.75, 3.05) is 13.7 Å². The highest BCUT2D eigenvalue weighted by atomic mass is 16.5. The van der Waals surface area contributed by atoms with Gasteiger partial charge in [0, 0.05) is 12.6 Å². The molecule has 0 aromatic rings. The van der Waals surface area contributed by atoms with Gasteiger partial charge in [0.25, 0.3) is 0 Å². The van der Waals surface area contributed by atoms with Crippen LogP contribution < -0.4 is 5.32 Å². The Bertz CT molecular complexity index is 160. The smallest absolute Gasteiger partial charge is 0.0730 e. The summed E-state index contributed by atoms with van der Waals surface area (Å²) >= 11 is 0. The zero-order chi connectivity index (χ0) is 11.8. The molecule has 0 saturated heterocycles. The fourth-order valence-electron chi connectivity index (χ4n) is 3.08. The Morgan fingerprint density at radius 3 is 2.38 bits per heavy atom. The predicted molar refractivity (Wildman–Crippen MR) is 69.7 cm³/mol. The number of hydrogen-bond donors (Lipinski definition) is 1. The van der Waals surface area contributed by atoms with Crippen molar-refractivity contribution >= 4 is 0 Å². The minimum Gasteiger partial charge on any atom is -0.377 e. The van der Waals surface area contributed by atoms with Gasteiger partial charge in [0.15, 0.2) is 0 Å². The van der Waals surface area contributed by atoms with Crippen LogP contribution in [-0.2, 0) is 4.74 Å². The van der Waals surface area contributed by atoms with Gasteiger partial charge < -0.3 is 10.1 Å². The molecule has 16 heavy (non-hydrogen) atoms. The molecule has 1 aliphatic carbocycles. The van der Waals surface area contributed by atoms with E-state index in [4.69, 9.17) is 4.74 Å². The Kier molecular flexibility index (Phi) is 7.06. The van der Waals surface area contributed by atoms with E-state index in [1.807, 2.05) is 0 Å². The van der Waals surface area contributed by atoms with Crippen molar-refractivity contribution in [3.63, 3.8) is 0 Å². The average molecular weight is 227 g/mol. The molecule has 1 saturated carbocycles. The maximum Gasteiger partial charge on any atom is 0.0730 e. The van der Waals surface area contributed by atoms with Crippen LogP contribution in [0.1, 0.15) is 58.8 Å². The quantitative estimate of drug-likeness (QED) is 0.720. The van der Waals surface area contributed by atoms with E-state index in [0.717, 1.165) is 12.5 Å². The van der Waals surface area contributed by atoms with E-state index in [0.29, 0.717) is 12.1 Å². The molecule has 0 amide bonds. The van der Waals surface area contributed by atoms with Crippen LogP contribution in [0.2, 0.25) is 0 Å². The van der Waals surface area contributed by atoms with Crippen molar-refractivity contribution in [2.45, 2.75) is 70.9 Å². The number of ether oxygens (including phenoxy) is 1. The molecule has 0 aromatic carbocycles. The van der Waals surface area contributed by atoms with Crippen molar-refractivity contribution in [1.82, 2.24) is 5.32 Å². The van der Waals surface area contributed by atoms with Crippen molar-refractivity contribution in [3.8, 4) is 0 Å². The molecular weight excluding hydrogens is 198 g/mol. The Balaban J connectivity index is 2.52. The van der Waals surface area contributed by atoms with Crippen LogP contribution in [0.3, 0.4) is 0 Å². The molecule has 0 radical (unpaired) electrons. The van der Waals surface area contributed by atoms with Crippen LogP contribution in [0, 0.1) is 5.92 Å². The highest BCUT2D eigenvalue weighted by Gasteiger charge is 2.29. The molecule has 1 aliphatic rings. The maximum absolute atomic E-state index is 5.93. The van der Waals surface area contributed by atoms with E-state index in [-0.39, 0.29) is 0 Å². The molecule has 0 heterocycles. The lowest BCUT2D eigenvalue weighted by atomic mass is 9.81. The molecule has 0 bridgehead atoms. The highest BCUT2D eigenvalue weighted by molar-refractivity contribution is 4.84. The van der Waals surface area contributed by atoms with Crippen LogP contribution in [-0.4, -0.2) is 25.8 Å². The first-order valence-corrected chi connectivity index (χ1v) is 7.12. The van der Waals surface area contributed by atoms with Crippen molar-refractivity contribution in [2.24, 2.45) is 5.92 Å². The van der Waals surface area contributed by atoms with Gasteiger partial charge in [0.2, 0.25) is 0 Å². The third-order valence-corrected chi connectivity index (χ3v) is 3.85. The number of rotatable bonds is 7. The number of hydrogen-bond acceptors (Lipinski definition) is 2. The maximum atomic E-state index is 5.93. The lowest BCUT2D eigenvalue weighted by Gasteiger charge is -2.35. The summed E-state index contributed by atoms with van der Waals surface area (Å²) in [4.78, 5) is 0. The zero-order valence-electron chi connectivity index (χ0n) is 11.3. The van der Waals surface area contributed by atoms with Crippen LogP contribution in [0.5, 0.6) is 0 Å². The standard InChI is InChI=1S/C14H29NO/c1-4-9-13(16-5-2)14(15-3)12-10-7-6-8-11-12/h12-15H,4-11H2,1-3H3. The van der Waals surface area contributed by atoms with E-state index in [1.165, 1.54) is 44.9 Å². The monoisotopic (exact) mass is 227 g/mol. The normalized spacial score (nSPS) is 21.9. The van der Waals surface area contributed by atoms with Crippen LogP contribution in [0.25, 0.3) is 0 Å². The molecule has 0 spiro atoms. The molecule has 96 valence electrons. The second-order valence-electron chi connectivity index (χ2n) is 5.00. The van der Waals surface area contributed by atoms with Gasteiger partial charge in [-0.15, -0.1) is 0 Å². The zero-order valence-corrected chi connectivity index (χ0v) is 11.3. The minimum absolute atomic E-state index is 0.420. The van der Waals surface area contributed by atoms with Crippen molar-refractivity contribution < 1.29 is 4.74 Å². The summed E-state index contributed by atoms with van der Waals surface area (Å²) in [7, 11) is 2.10. The molecule has 1 fully saturated rings. The van der Waals surface area contributed by atoms with Gasteiger partial charge in [0.1, 0.15) is 0 Å². The van der Waals surface area contributed by atoms with Gasteiger partial charge in [-0.2, -0.15) is 0 Å². The second-order valence-corrected chi connectivity index (χ2v) is 5.00. The van der Waals surface area contributed by atoms with Gasteiger partial charge in [-0.1, -0.05) is 32.6 Å². The third-order valence-electron chi connectivity index (χ3n) is 3.85. The fourth-order valence-corrected chi connectivity index (χ4v) is 3.08.